The number of nitrogens with one attached hydrogen (secondary N) is 1. The zero-order valence-electron chi connectivity index (χ0n) is 11.2. The van der Waals surface area contributed by atoms with Crippen LogP contribution in [0.25, 0.3) is 5.65 Å². The predicted molar refractivity (Wildman–Crippen MR) is 72.1 cm³/mol. The van der Waals surface area contributed by atoms with Crippen molar-refractivity contribution in [3.8, 4) is 0 Å². The molecular formula is C12H19N7. The average molecular weight is 261 g/mol. The second-order valence-electron chi connectivity index (χ2n) is 4.95. The van der Waals surface area contributed by atoms with E-state index in [4.69, 9.17) is 0 Å². The maximum atomic E-state index is 4.23. The van der Waals surface area contributed by atoms with E-state index in [9.17, 15) is 0 Å². The molecule has 0 radical (unpaired) electrons. The van der Waals surface area contributed by atoms with Crippen LogP contribution in [0.15, 0.2) is 12.4 Å². The summed E-state index contributed by atoms with van der Waals surface area (Å²) in [6, 6.07) is 0. The van der Waals surface area contributed by atoms with Gasteiger partial charge in [-0.2, -0.15) is 4.52 Å². The molecule has 0 spiro atoms. The summed E-state index contributed by atoms with van der Waals surface area (Å²) in [6.07, 6.45) is 5.99. The molecule has 0 saturated carbocycles. The molecule has 1 saturated heterocycles. The van der Waals surface area contributed by atoms with Crippen molar-refractivity contribution in [3.05, 3.63) is 12.4 Å². The van der Waals surface area contributed by atoms with Crippen LogP contribution >= 0.6 is 0 Å². The van der Waals surface area contributed by atoms with Gasteiger partial charge in [0.2, 0.25) is 0 Å². The molecule has 19 heavy (non-hydrogen) atoms. The lowest BCUT2D eigenvalue weighted by Gasteiger charge is -2.30. The summed E-state index contributed by atoms with van der Waals surface area (Å²) in [6.45, 7) is 6.37. The number of hydrogen-bond donors (Lipinski definition) is 1. The van der Waals surface area contributed by atoms with Crippen molar-refractivity contribution < 1.29 is 0 Å². The monoisotopic (exact) mass is 261 g/mol. The molecule has 102 valence electrons. The van der Waals surface area contributed by atoms with Gasteiger partial charge in [-0.15, -0.1) is 5.10 Å². The highest BCUT2D eigenvalue weighted by Gasteiger charge is 2.18. The molecular weight excluding hydrogens is 242 g/mol. The first-order valence-electron chi connectivity index (χ1n) is 6.86. The number of tetrazole rings is 1. The number of aromatic nitrogens is 5. The summed E-state index contributed by atoms with van der Waals surface area (Å²) in [4.78, 5) is 6.54. The highest BCUT2D eigenvalue weighted by molar-refractivity contribution is 5.45. The molecule has 0 unspecified atom stereocenters. The first-order valence-corrected chi connectivity index (χ1v) is 6.86. The summed E-state index contributed by atoms with van der Waals surface area (Å²) in [5.74, 6) is 1.71. The van der Waals surface area contributed by atoms with Crippen LogP contribution in [-0.2, 0) is 0 Å². The Kier molecular flexibility index (Phi) is 3.54. The van der Waals surface area contributed by atoms with Crippen molar-refractivity contribution in [2.45, 2.75) is 19.8 Å². The Hall–Kier alpha value is -1.76. The zero-order chi connectivity index (χ0) is 13.1. The van der Waals surface area contributed by atoms with E-state index in [-0.39, 0.29) is 0 Å². The number of nitrogens with zero attached hydrogens (tertiary/aromatic N) is 6. The average Bonchev–Trinajstić information content (AvgIpc) is 2.94. The third-order valence-corrected chi connectivity index (χ3v) is 3.73. The Morgan fingerprint density at radius 2 is 2.21 bits per heavy atom. The Labute approximate surface area is 112 Å². The lowest BCUT2D eigenvalue weighted by atomic mass is 9.97. The van der Waals surface area contributed by atoms with Crippen LogP contribution in [-0.4, -0.2) is 51.2 Å². The minimum absolute atomic E-state index is 0.696. The smallest absolute Gasteiger partial charge is 0.199 e. The summed E-state index contributed by atoms with van der Waals surface area (Å²) >= 11 is 0. The lowest BCUT2D eigenvalue weighted by molar-refractivity contribution is 0.373. The molecule has 7 heteroatoms. The van der Waals surface area contributed by atoms with Gasteiger partial charge in [-0.25, -0.2) is 0 Å². The van der Waals surface area contributed by atoms with Crippen LogP contribution in [0.4, 0.5) is 5.82 Å². The van der Waals surface area contributed by atoms with Crippen LogP contribution in [0.3, 0.4) is 0 Å². The van der Waals surface area contributed by atoms with E-state index >= 15 is 0 Å². The molecule has 1 fully saturated rings. The van der Waals surface area contributed by atoms with Crippen molar-refractivity contribution in [1.82, 2.24) is 30.3 Å². The van der Waals surface area contributed by atoms with Gasteiger partial charge in [0.15, 0.2) is 11.5 Å². The van der Waals surface area contributed by atoms with Gasteiger partial charge in [-0.1, -0.05) is 0 Å². The van der Waals surface area contributed by atoms with E-state index < -0.39 is 0 Å². The second kappa shape index (κ2) is 5.48. The van der Waals surface area contributed by atoms with Crippen LogP contribution in [0.5, 0.6) is 0 Å². The van der Waals surface area contributed by atoms with Gasteiger partial charge >= 0.3 is 0 Å². The van der Waals surface area contributed by atoms with Gasteiger partial charge in [0.25, 0.3) is 0 Å². The normalized spacial score (nSPS) is 16.9. The fourth-order valence-electron chi connectivity index (χ4n) is 2.64. The molecule has 3 heterocycles. The number of anilines is 1. The van der Waals surface area contributed by atoms with E-state index in [1.165, 1.54) is 12.8 Å². The molecule has 1 aliphatic rings. The summed E-state index contributed by atoms with van der Waals surface area (Å²) < 4.78 is 1.76. The van der Waals surface area contributed by atoms with Gasteiger partial charge in [0.05, 0.1) is 12.4 Å². The Morgan fingerprint density at radius 1 is 1.37 bits per heavy atom. The molecule has 1 N–H and O–H groups in total. The number of fused-ring (bicyclic) bond motifs is 1. The molecule has 0 aromatic carbocycles. The summed E-state index contributed by atoms with van der Waals surface area (Å²) in [7, 11) is 0. The van der Waals surface area contributed by atoms with Crippen LogP contribution in [0, 0.1) is 5.92 Å². The Bertz CT molecular complexity index is 532. The van der Waals surface area contributed by atoms with E-state index in [1.54, 1.807) is 10.7 Å². The molecule has 2 aromatic rings. The third-order valence-electron chi connectivity index (χ3n) is 3.73. The minimum Gasteiger partial charge on any atom is -0.355 e. The third kappa shape index (κ3) is 2.51. The number of hydrogen-bond acceptors (Lipinski definition) is 6. The van der Waals surface area contributed by atoms with Crippen molar-refractivity contribution in [1.29, 1.82) is 0 Å². The standard InChI is InChI=1S/C12H19N7/c1-2-18(9-10-3-5-13-6-4-10)12-8-14-7-11-15-16-17-19(11)12/h7-8,10,13H,2-6,9H2,1H3. The summed E-state index contributed by atoms with van der Waals surface area (Å²) in [5.41, 5.74) is 0.696. The van der Waals surface area contributed by atoms with Gasteiger partial charge in [0.1, 0.15) is 0 Å². The van der Waals surface area contributed by atoms with Crippen molar-refractivity contribution in [2.75, 3.05) is 31.1 Å². The predicted octanol–water partition coefficient (Wildman–Crippen LogP) is 0.345. The quantitative estimate of drug-likeness (QED) is 0.856. The maximum absolute atomic E-state index is 4.23. The molecule has 2 aromatic heterocycles. The lowest BCUT2D eigenvalue weighted by Crippen LogP contribution is -2.37. The molecule has 7 nitrogen and oxygen atoms in total. The highest BCUT2D eigenvalue weighted by Crippen LogP contribution is 2.19. The van der Waals surface area contributed by atoms with Gasteiger partial charge in [0, 0.05) is 13.1 Å². The first-order chi connectivity index (χ1) is 9.38. The fourth-order valence-corrected chi connectivity index (χ4v) is 2.64. The minimum atomic E-state index is 0.696. The highest BCUT2D eigenvalue weighted by atomic mass is 15.5. The molecule has 3 rings (SSSR count). The van der Waals surface area contributed by atoms with Crippen LogP contribution < -0.4 is 10.2 Å². The largest absolute Gasteiger partial charge is 0.355 e. The van der Waals surface area contributed by atoms with Crippen molar-refractivity contribution in [3.63, 3.8) is 0 Å². The van der Waals surface area contributed by atoms with Gasteiger partial charge < -0.3 is 10.2 Å². The Balaban J connectivity index is 1.82. The maximum Gasteiger partial charge on any atom is 0.199 e. The first kappa shape index (κ1) is 12.3. The van der Waals surface area contributed by atoms with Crippen LogP contribution in [0.2, 0.25) is 0 Å². The second-order valence-corrected chi connectivity index (χ2v) is 4.95. The molecule has 0 atom stereocenters. The molecule has 0 bridgehead atoms. The Morgan fingerprint density at radius 3 is 3.00 bits per heavy atom. The summed E-state index contributed by atoms with van der Waals surface area (Å²) in [5, 5.41) is 15.1. The fraction of sp³-hybridized carbons (Fsp3) is 0.667. The molecule has 0 aliphatic carbocycles. The molecule has 0 amide bonds. The van der Waals surface area contributed by atoms with E-state index in [0.29, 0.717) is 5.65 Å². The zero-order valence-corrected chi connectivity index (χ0v) is 11.2. The van der Waals surface area contributed by atoms with Crippen molar-refractivity contribution >= 4 is 11.5 Å². The van der Waals surface area contributed by atoms with E-state index in [0.717, 1.165) is 37.9 Å². The van der Waals surface area contributed by atoms with Crippen LogP contribution in [0.1, 0.15) is 19.8 Å². The van der Waals surface area contributed by atoms with E-state index in [2.05, 4.69) is 37.6 Å². The van der Waals surface area contributed by atoms with Gasteiger partial charge in [-0.05, 0) is 49.2 Å². The SMILES string of the molecule is CCN(CC1CCNCC1)c1cncc2nnnn12. The topological polar surface area (TPSA) is 71.2 Å². The number of piperidine rings is 1. The number of rotatable bonds is 4. The van der Waals surface area contributed by atoms with Gasteiger partial charge in [-0.3, -0.25) is 4.98 Å². The molecule has 1 aliphatic heterocycles. The van der Waals surface area contributed by atoms with E-state index in [1.807, 2.05) is 6.20 Å². The van der Waals surface area contributed by atoms with Crippen molar-refractivity contribution in [2.24, 2.45) is 5.92 Å².